The van der Waals surface area contributed by atoms with Crippen LogP contribution in [0.5, 0.6) is 5.75 Å². The summed E-state index contributed by atoms with van der Waals surface area (Å²) in [6.45, 7) is -0.0381. The maximum absolute atomic E-state index is 11.9. The van der Waals surface area contributed by atoms with Crippen LogP contribution < -0.4 is 15.4 Å². The number of ether oxygens (including phenoxy) is 1. The van der Waals surface area contributed by atoms with Gasteiger partial charge in [-0.05, 0) is 48.5 Å². The van der Waals surface area contributed by atoms with Gasteiger partial charge in [-0.15, -0.1) is 0 Å². The van der Waals surface area contributed by atoms with Crippen molar-refractivity contribution in [2.45, 2.75) is 0 Å². The normalized spacial score (nSPS) is 10.1. The van der Waals surface area contributed by atoms with E-state index in [4.69, 9.17) is 16.3 Å². The molecule has 5 heteroatoms. The van der Waals surface area contributed by atoms with E-state index in [1.807, 2.05) is 78.9 Å². The summed E-state index contributed by atoms with van der Waals surface area (Å²) >= 11 is 6.13. The number of nitrogens with one attached hydrogen (secondary N) is 2. The van der Waals surface area contributed by atoms with Crippen LogP contribution in [0.3, 0.4) is 0 Å². The van der Waals surface area contributed by atoms with Crippen LogP contribution in [0.15, 0.2) is 78.9 Å². The van der Waals surface area contributed by atoms with E-state index in [0.717, 1.165) is 11.4 Å². The average molecular weight is 353 g/mol. The molecule has 0 bridgehead atoms. The Morgan fingerprint density at radius 1 is 0.840 bits per heavy atom. The number of anilines is 3. The Labute approximate surface area is 151 Å². The van der Waals surface area contributed by atoms with Crippen LogP contribution in [-0.2, 0) is 4.79 Å². The van der Waals surface area contributed by atoms with E-state index >= 15 is 0 Å². The van der Waals surface area contributed by atoms with Gasteiger partial charge in [-0.25, -0.2) is 0 Å². The predicted molar refractivity (Wildman–Crippen MR) is 102 cm³/mol. The quantitative estimate of drug-likeness (QED) is 0.648. The molecule has 0 aliphatic carbocycles. The molecule has 3 aromatic carbocycles. The predicted octanol–water partition coefficient (Wildman–Crippen LogP) is 5.10. The molecule has 0 aromatic heterocycles. The Kier molecular flexibility index (Phi) is 5.54. The van der Waals surface area contributed by atoms with Crippen LogP contribution in [0.1, 0.15) is 0 Å². The lowest BCUT2D eigenvalue weighted by atomic mass is 10.2. The molecule has 0 saturated heterocycles. The van der Waals surface area contributed by atoms with Crippen LogP contribution in [0.4, 0.5) is 17.1 Å². The van der Waals surface area contributed by atoms with Gasteiger partial charge in [0.1, 0.15) is 5.75 Å². The fraction of sp³-hybridized carbons (Fsp3) is 0.0500. The standard InChI is InChI=1S/C20H17ClN2O2/c21-18-8-4-5-9-19(18)22-15-10-12-16(13-11-15)23-20(24)14-25-17-6-2-1-3-7-17/h1-13,22H,14H2,(H,23,24). The highest BCUT2D eigenvalue weighted by Gasteiger charge is 2.04. The van der Waals surface area contributed by atoms with Crippen molar-refractivity contribution in [2.75, 3.05) is 17.2 Å². The zero-order valence-electron chi connectivity index (χ0n) is 13.4. The molecule has 0 fully saturated rings. The first kappa shape index (κ1) is 16.9. The van der Waals surface area contributed by atoms with Gasteiger partial charge in [0.25, 0.3) is 5.91 Å². The SMILES string of the molecule is O=C(COc1ccccc1)Nc1ccc(Nc2ccccc2Cl)cc1. The molecule has 4 nitrogen and oxygen atoms in total. The zero-order chi connectivity index (χ0) is 17.5. The molecule has 0 atom stereocenters. The van der Waals surface area contributed by atoms with Crippen LogP contribution >= 0.6 is 11.6 Å². The third-order valence-corrected chi connectivity index (χ3v) is 3.76. The highest BCUT2D eigenvalue weighted by Crippen LogP contribution is 2.25. The van der Waals surface area contributed by atoms with Crippen molar-refractivity contribution in [1.29, 1.82) is 0 Å². The number of rotatable bonds is 6. The lowest BCUT2D eigenvalue weighted by molar-refractivity contribution is -0.118. The van der Waals surface area contributed by atoms with E-state index in [-0.39, 0.29) is 12.5 Å². The molecule has 25 heavy (non-hydrogen) atoms. The molecule has 0 unspecified atom stereocenters. The third-order valence-electron chi connectivity index (χ3n) is 3.43. The van der Waals surface area contributed by atoms with Crippen LogP contribution in [0, 0.1) is 0 Å². The molecular weight excluding hydrogens is 336 g/mol. The molecule has 0 heterocycles. The number of carbonyl (C=O) groups excluding carboxylic acids is 1. The molecule has 1 amide bonds. The minimum Gasteiger partial charge on any atom is -0.484 e. The highest BCUT2D eigenvalue weighted by molar-refractivity contribution is 6.33. The topological polar surface area (TPSA) is 50.4 Å². The van der Waals surface area contributed by atoms with Crippen LogP contribution in [0.25, 0.3) is 0 Å². The number of para-hydroxylation sites is 2. The summed E-state index contributed by atoms with van der Waals surface area (Å²) in [5.41, 5.74) is 2.41. The maximum atomic E-state index is 11.9. The number of hydrogen-bond donors (Lipinski definition) is 2. The second-order valence-electron chi connectivity index (χ2n) is 5.33. The summed E-state index contributed by atoms with van der Waals surface area (Å²) in [4.78, 5) is 11.9. The van der Waals surface area contributed by atoms with Gasteiger partial charge in [-0.3, -0.25) is 4.79 Å². The lowest BCUT2D eigenvalue weighted by Gasteiger charge is -2.10. The number of halogens is 1. The fourth-order valence-corrected chi connectivity index (χ4v) is 2.40. The molecule has 126 valence electrons. The van der Waals surface area contributed by atoms with Gasteiger partial charge in [-0.2, -0.15) is 0 Å². The molecule has 0 spiro atoms. The van der Waals surface area contributed by atoms with Crippen molar-refractivity contribution in [2.24, 2.45) is 0 Å². The summed E-state index contributed by atoms with van der Waals surface area (Å²) in [6, 6.07) is 24.1. The van der Waals surface area contributed by atoms with Crippen molar-refractivity contribution in [3.63, 3.8) is 0 Å². The molecular formula is C20H17ClN2O2. The van der Waals surface area contributed by atoms with Gasteiger partial charge in [0, 0.05) is 11.4 Å². The first-order valence-electron chi connectivity index (χ1n) is 7.80. The molecule has 2 N–H and O–H groups in total. The Bertz CT molecular complexity index is 836. The second kappa shape index (κ2) is 8.22. The van der Waals surface area contributed by atoms with Crippen LogP contribution in [0.2, 0.25) is 5.02 Å². The van der Waals surface area contributed by atoms with Crippen molar-refractivity contribution in [1.82, 2.24) is 0 Å². The van der Waals surface area contributed by atoms with Gasteiger partial charge in [-0.1, -0.05) is 41.9 Å². The average Bonchev–Trinajstić information content (AvgIpc) is 2.64. The molecule has 3 aromatic rings. The van der Waals surface area contributed by atoms with Gasteiger partial charge < -0.3 is 15.4 Å². The van der Waals surface area contributed by atoms with Crippen molar-refractivity contribution < 1.29 is 9.53 Å². The minimum atomic E-state index is -0.212. The monoisotopic (exact) mass is 352 g/mol. The summed E-state index contributed by atoms with van der Waals surface area (Å²) in [6.07, 6.45) is 0. The van der Waals surface area contributed by atoms with E-state index in [1.165, 1.54) is 0 Å². The highest BCUT2D eigenvalue weighted by atomic mass is 35.5. The van der Waals surface area contributed by atoms with Crippen LogP contribution in [-0.4, -0.2) is 12.5 Å². The van der Waals surface area contributed by atoms with E-state index < -0.39 is 0 Å². The van der Waals surface area contributed by atoms with E-state index in [1.54, 1.807) is 0 Å². The Morgan fingerprint density at radius 3 is 2.20 bits per heavy atom. The summed E-state index contributed by atoms with van der Waals surface area (Å²) in [7, 11) is 0. The van der Waals surface area contributed by atoms with Crippen molar-refractivity contribution in [3.8, 4) is 5.75 Å². The number of amides is 1. The fourth-order valence-electron chi connectivity index (χ4n) is 2.22. The summed E-state index contributed by atoms with van der Waals surface area (Å²) in [5.74, 6) is 0.451. The van der Waals surface area contributed by atoms with E-state index in [0.29, 0.717) is 16.5 Å². The first-order valence-corrected chi connectivity index (χ1v) is 8.18. The molecule has 0 saturated carbocycles. The molecule has 3 rings (SSSR count). The van der Waals surface area contributed by atoms with E-state index in [2.05, 4.69) is 10.6 Å². The maximum Gasteiger partial charge on any atom is 0.262 e. The summed E-state index contributed by atoms with van der Waals surface area (Å²) in [5, 5.41) is 6.68. The zero-order valence-corrected chi connectivity index (χ0v) is 14.2. The second-order valence-corrected chi connectivity index (χ2v) is 5.74. The number of hydrogen-bond acceptors (Lipinski definition) is 3. The third kappa shape index (κ3) is 4.99. The number of carbonyl (C=O) groups is 1. The van der Waals surface area contributed by atoms with Gasteiger partial charge >= 0.3 is 0 Å². The minimum absolute atomic E-state index is 0.0381. The Balaban J connectivity index is 1.53. The smallest absolute Gasteiger partial charge is 0.262 e. The van der Waals surface area contributed by atoms with E-state index in [9.17, 15) is 4.79 Å². The first-order chi connectivity index (χ1) is 12.2. The van der Waals surface area contributed by atoms with Crippen molar-refractivity contribution in [3.05, 3.63) is 83.9 Å². The Morgan fingerprint density at radius 2 is 1.48 bits per heavy atom. The van der Waals surface area contributed by atoms with Gasteiger partial charge in [0.15, 0.2) is 6.61 Å². The van der Waals surface area contributed by atoms with Gasteiger partial charge in [0.05, 0.1) is 10.7 Å². The molecule has 0 aliphatic rings. The van der Waals surface area contributed by atoms with Crippen molar-refractivity contribution >= 4 is 34.6 Å². The number of benzene rings is 3. The summed E-state index contributed by atoms with van der Waals surface area (Å²) < 4.78 is 5.42. The molecule has 0 radical (unpaired) electrons. The largest absolute Gasteiger partial charge is 0.484 e. The Hall–Kier alpha value is -2.98. The van der Waals surface area contributed by atoms with Gasteiger partial charge in [0.2, 0.25) is 0 Å². The lowest BCUT2D eigenvalue weighted by Crippen LogP contribution is -2.20. The molecule has 0 aliphatic heterocycles.